The summed E-state index contributed by atoms with van der Waals surface area (Å²) in [7, 11) is 0. The lowest BCUT2D eigenvalue weighted by molar-refractivity contribution is 0.108. The van der Waals surface area contributed by atoms with Gasteiger partial charge in [0.05, 0.1) is 13.2 Å². The number of hydrogen-bond acceptors (Lipinski definition) is 3. The van der Waals surface area contributed by atoms with E-state index in [1.54, 1.807) is 24.3 Å². The fraction of sp³-hybridized carbons (Fsp3) is 0.364. The second kappa shape index (κ2) is 4.64. The van der Waals surface area contributed by atoms with Crippen LogP contribution in [0.1, 0.15) is 16.8 Å². The molecule has 4 heteroatoms. The Balaban J connectivity index is 2.00. The van der Waals surface area contributed by atoms with Gasteiger partial charge >= 0.3 is 0 Å². The number of benzene rings is 1. The minimum atomic E-state index is -0.453. The Hall–Kier alpha value is -1.06. The standard InChI is InChI=1S/C11H11ClO3/c12-11(13)8-1-3-9(4-2-8)15-10-5-6-14-7-10/h1-4,10H,5-7H2/t10-/m0/s1. The Kier molecular flexibility index (Phi) is 3.23. The van der Waals surface area contributed by atoms with Crippen molar-refractivity contribution in [3.05, 3.63) is 29.8 Å². The third-order valence-electron chi connectivity index (χ3n) is 2.27. The van der Waals surface area contributed by atoms with Crippen LogP contribution in [-0.2, 0) is 4.74 Å². The highest BCUT2D eigenvalue weighted by atomic mass is 35.5. The van der Waals surface area contributed by atoms with Gasteiger partial charge < -0.3 is 9.47 Å². The van der Waals surface area contributed by atoms with Gasteiger partial charge in [-0.2, -0.15) is 0 Å². The highest BCUT2D eigenvalue weighted by Gasteiger charge is 2.16. The fourth-order valence-corrected chi connectivity index (χ4v) is 1.59. The molecule has 15 heavy (non-hydrogen) atoms. The van der Waals surface area contributed by atoms with Gasteiger partial charge in [0.1, 0.15) is 11.9 Å². The maximum absolute atomic E-state index is 10.8. The van der Waals surface area contributed by atoms with Crippen molar-refractivity contribution in [1.29, 1.82) is 0 Å². The van der Waals surface area contributed by atoms with Crippen molar-refractivity contribution in [2.75, 3.05) is 13.2 Å². The number of halogens is 1. The molecule has 0 N–H and O–H groups in total. The molecule has 1 aromatic carbocycles. The van der Waals surface area contributed by atoms with Crippen LogP contribution in [0.15, 0.2) is 24.3 Å². The number of rotatable bonds is 3. The van der Waals surface area contributed by atoms with Crippen LogP contribution in [0, 0.1) is 0 Å². The predicted molar refractivity (Wildman–Crippen MR) is 56.5 cm³/mol. The van der Waals surface area contributed by atoms with E-state index in [-0.39, 0.29) is 6.10 Å². The van der Waals surface area contributed by atoms with Gasteiger partial charge in [-0.05, 0) is 35.9 Å². The van der Waals surface area contributed by atoms with Crippen molar-refractivity contribution in [2.24, 2.45) is 0 Å². The molecule has 0 bridgehead atoms. The van der Waals surface area contributed by atoms with Crippen molar-refractivity contribution in [1.82, 2.24) is 0 Å². The first kappa shape index (κ1) is 10.5. The lowest BCUT2D eigenvalue weighted by Gasteiger charge is -2.11. The van der Waals surface area contributed by atoms with E-state index < -0.39 is 5.24 Å². The van der Waals surface area contributed by atoms with E-state index in [9.17, 15) is 4.79 Å². The smallest absolute Gasteiger partial charge is 0.252 e. The lowest BCUT2D eigenvalue weighted by Crippen LogP contribution is -2.15. The van der Waals surface area contributed by atoms with Crippen LogP contribution in [-0.4, -0.2) is 24.6 Å². The second-order valence-electron chi connectivity index (χ2n) is 3.40. The van der Waals surface area contributed by atoms with Crippen molar-refractivity contribution < 1.29 is 14.3 Å². The molecule has 1 aliphatic rings. The molecule has 2 rings (SSSR count). The number of hydrogen-bond donors (Lipinski definition) is 0. The molecular formula is C11H11ClO3. The van der Waals surface area contributed by atoms with Gasteiger partial charge in [-0.1, -0.05) is 0 Å². The molecule has 80 valence electrons. The summed E-state index contributed by atoms with van der Waals surface area (Å²) in [5, 5.41) is -0.453. The first-order valence-electron chi connectivity index (χ1n) is 4.80. The Morgan fingerprint density at radius 1 is 1.40 bits per heavy atom. The van der Waals surface area contributed by atoms with Crippen LogP contribution in [0.5, 0.6) is 5.75 Å². The van der Waals surface area contributed by atoms with E-state index in [4.69, 9.17) is 21.1 Å². The number of ether oxygens (including phenoxy) is 2. The summed E-state index contributed by atoms with van der Waals surface area (Å²) in [6, 6.07) is 6.79. The minimum absolute atomic E-state index is 0.127. The minimum Gasteiger partial charge on any atom is -0.488 e. The van der Waals surface area contributed by atoms with Gasteiger partial charge in [0, 0.05) is 12.0 Å². The van der Waals surface area contributed by atoms with Gasteiger partial charge in [0.25, 0.3) is 5.24 Å². The summed E-state index contributed by atoms with van der Waals surface area (Å²) in [5.74, 6) is 0.743. The molecule has 0 amide bonds. The number of carbonyl (C=O) groups excluding carboxylic acids is 1. The zero-order valence-corrected chi connectivity index (χ0v) is 8.87. The van der Waals surface area contributed by atoms with Gasteiger partial charge in [-0.3, -0.25) is 4.79 Å². The van der Waals surface area contributed by atoms with E-state index in [0.717, 1.165) is 18.8 Å². The van der Waals surface area contributed by atoms with Gasteiger partial charge in [0.15, 0.2) is 0 Å². The molecule has 1 fully saturated rings. The van der Waals surface area contributed by atoms with E-state index >= 15 is 0 Å². The summed E-state index contributed by atoms with van der Waals surface area (Å²) in [5.41, 5.74) is 0.478. The Morgan fingerprint density at radius 2 is 2.13 bits per heavy atom. The third kappa shape index (κ3) is 2.70. The van der Waals surface area contributed by atoms with Gasteiger partial charge in [0.2, 0.25) is 0 Å². The lowest BCUT2D eigenvalue weighted by atomic mass is 10.2. The van der Waals surface area contributed by atoms with Crippen LogP contribution in [0.2, 0.25) is 0 Å². The average molecular weight is 227 g/mol. The highest BCUT2D eigenvalue weighted by Crippen LogP contribution is 2.18. The topological polar surface area (TPSA) is 35.5 Å². The van der Waals surface area contributed by atoms with Gasteiger partial charge in [-0.15, -0.1) is 0 Å². The summed E-state index contributed by atoms with van der Waals surface area (Å²) < 4.78 is 10.8. The molecule has 1 aromatic rings. The monoisotopic (exact) mass is 226 g/mol. The molecule has 1 atom stereocenters. The first-order valence-corrected chi connectivity index (χ1v) is 5.18. The van der Waals surface area contributed by atoms with Crippen molar-refractivity contribution in [3.63, 3.8) is 0 Å². The van der Waals surface area contributed by atoms with Crippen molar-refractivity contribution >= 4 is 16.8 Å². The van der Waals surface area contributed by atoms with Crippen LogP contribution in [0.25, 0.3) is 0 Å². The average Bonchev–Trinajstić information content (AvgIpc) is 2.71. The summed E-state index contributed by atoms with van der Waals surface area (Å²) >= 11 is 5.33. The molecule has 0 unspecified atom stereocenters. The maximum atomic E-state index is 10.8. The zero-order chi connectivity index (χ0) is 10.7. The second-order valence-corrected chi connectivity index (χ2v) is 3.74. The molecule has 1 heterocycles. The van der Waals surface area contributed by atoms with Crippen LogP contribution in [0.3, 0.4) is 0 Å². The van der Waals surface area contributed by atoms with E-state index in [0.29, 0.717) is 12.2 Å². The van der Waals surface area contributed by atoms with E-state index in [1.165, 1.54) is 0 Å². The van der Waals surface area contributed by atoms with Crippen LogP contribution in [0.4, 0.5) is 0 Å². The molecule has 0 aromatic heterocycles. The molecule has 1 aliphatic heterocycles. The third-order valence-corrected chi connectivity index (χ3v) is 2.49. The first-order chi connectivity index (χ1) is 7.25. The SMILES string of the molecule is O=C(Cl)c1ccc(O[C@H]2CCOC2)cc1. The molecule has 0 radical (unpaired) electrons. The summed E-state index contributed by atoms with van der Waals surface area (Å²) in [6.07, 6.45) is 1.04. The summed E-state index contributed by atoms with van der Waals surface area (Å²) in [6.45, 7) is 1.39. The predicted octanol–water partition coefficient (Wildman–Crippen LogP) is 2.23. The van der Waals surface area contributed by atoms with Crippen LogP contribution >= 0.6 is 11.6 Å². The van der Waals surface area contributed by atoms with E-state index in [2.05, 4.69) is 0 Å². The Bertz CT molecular complexity index is 341. The normalized spacial score (nSPS) is 20.2. The van der Waals surface area contributed by atoms with Crippen LogP contribution < -0.4 is 4.74 Å². The fourth-order valence-electron chi connectivity index (χ4n) is 1.46. The molecule has 3 nitrogen and oxygen atoms in total. The number of carbonyl (C=O) groups is 1. The molecule has 1 saturated heterocycles. The largest absolute Gasteiger partial charge is 0.488 e. The quantitative estimate of drug-likeness (QED) is 0.742. The zero-order valence-electron chi connectivity index (χ0n) is 8.11. The molecule has 0 saturated carbocycles. The summed E-state index contributed by atoms with van der Waals surface area (Å²) in [4.78, 5) is 10.8. The van der Waals surface area contributed by atoms with Crippen molar-refractivity contribution in [3.8, 4) is 5.75 Å². The van der Waals surface area contributed by atoms with E-state index in [1.807, 2.05) is 0 Å². The van der Waals surface area contributed by atoms with Gasteiger partial charge in [-0.25, -0.2) is 0 Å². The maximum Gasteiger partial charge on any atom is 0.252 e. The Labute approximate surface area is 92.9 Å². The van der Waals surface area contributed by atoms with Crippen molar-refractivity contribution in [2.45, 2.75) is 12.5 Å². The molecule has 0 spiro atoms. The highest BCUT2D eigenvalue weighted by molar-refractivity contribution is 6.67. The molecule has 0 aliphatic carbocycles. The Morgan fingerprint density at radius 3 is 2.67 bits per heavy atom. The molecular weight excluding hydrogens is 216 g/mol.